The molecule has 0 bridgehead atoms. The number of hydrogen-bond donors (Lipinski definition) is 1. The molecule has 0 unspecified atom stereocenters. The van der Waals surface area contributed by atoms with Crippen LogP contribution in [0.4, 0.5) is 0 Å². The summed E-state index contributed by atoms with van der Waals surface area (Å²) in [5.74, 6) is -0.102. The minimum Gasteiger partial charge on any atom is -0.482 e. The fourth-order valence-electron chi connectivity index (χ4n) is 2.33. The lowest BCUT2D eigenvalue weighted by atomic mass is 10.3. The molecule has 0 saturated carbocycles. The van der Waals surface area contributed by atoms with E-state index in [9.17, 15) is 13.2 Å². The van der Waals surface area contributed by atoms with Crippen molar-refractivity contribution in [2.45, 2.75) is 11.3 Å². The van der Waals surface area contributed by atoms with Crippen LogP contribution in [0.2, 0.25) is 0 Å². The highest BCUT2D eigenvalue weighted by molar-refractivity contribution is 7.89. The van der Waals surface area contributed by atoms with E-state index in [0.717, 1.165) is 39.3 Å². The maximum atomic E-state index is 12.2. The molecular weight excluding hydrogens is 348 g/mol. The topological polar surface area (TPSA) is 94.2 Å². The highest BCUT2D eigenvalue weighted by Crippen LogP contribution is 2.16. The van der Waals surface area contributed by atoms with Crippen molar-refractivity contribution in [2.24, 2.45) is 0 Å². The van der Waals surface area contributed by atoms with Gasteiger partial charge in [0.15, 0.2) is 6.61 Å². The van der Waals surface area contributed by atoms with Gasteiger partial charge >= 0.3 is 5.97 Å². The minimum absolute atomic E-state index is 0.157. The lowest BCUT2D eigenvalue weighted by Gasteiger charge is -2.26. The van der Waals surface area contributed by atoms with Gasteiger partial charge in [-0.05, 0) is 37.2 Å². The van der Waals surface area contributed by atoms with Crippen molar-refractivity contribution in [1.29, 1.82) is 0 Å². The Kier molecular flexibility index (Phi) is 7.63. The van der Waals surface area contributed by atoms with Crippen LogP contribution in [0.3, 0.4) is 0 Å². The molecule has 1 aromatic rings. The molecule has 8 nitrogen and oxygen atoms in total. The molecule has 1 aliphatic heterocycles. The van der Waals surface area contributed by atoms with Crippen molar-refractivity contribution in [3.8, 4) is 5.75 Å². The number of methoxy groups -OCH3 is 1. The van der Waals surface area contributed by atoms with E-state index < -0.39 is 16.0 Å². The Hall–Kier alpha value is -1.68. The molecule has 0 atom stereocenters. The Balaban J connectivity index is 1.77. The average Bonchev–Trinajstić information content (AvgIpc) is 2.64. The maximum absolute atomic E-state index is 12.2. The number of ether oxygens (including phenoxy) is 3. The van der Waals surface area contributed by atoms with Gasteiger partial charge in [0.25, 0.3) is 0 Å². The van der Waals surface area contributed by atoms with E-state index in [1.54, 1.807) is 0 Å². The Morgan fingerprint density at radius 1 is 1.24 bits per heavy atom. The van der Waals surface area contributed by atoms with Crippen molar-refractivity contribution in [3.63, 3.8) is 0 Å². The number of morpholine rings is 1. The predicted molar refractivity (Wildman–Crippen MR) is 91.0 cm³/mol. The number of esters is 1. The number of rotatable bonds is 9. The van der Waals surface area contributed by atoms with E-state index in [1.807, 2.05) is 0 Å². The number of benzene rings is 1. The first-order valence-corrected chi connectivity index (χ1v) is 9.59. The van der Waals surface area contributed by atoms with Crippen LogP contribution in [0.1, 0.15) is 6.42 Å². The van der Waals surface area contributed by atoms with Crippen LogP contribution in [0.5, 0.6) is 5.75 Å². The highest BCUT2D eigenvalue weighted by Gasteiger charge is 2.14. The van der Waals surface area contributed by atoms with E-state index in [4.69, 9.17) is 9.47 Å². The zero-order valence-corrected chi connectivity index (χ0v) is 15.1. The van der Waals surface area contributed by atoms with Gasteiger partial charge in [-0.1, -0.05) is 0 Å². The molecule has 0 aliphatic carbocycles. The van der Waals surface area contributed by atoms with E-state index in [-0.39, 0.29) is 11.5 Å². The second kappa shape index (κ2) is 9.71. The molecule has 0 aromatic heterocycles. The Labute approximate surface area is 148 Å². The molecule has 1 saturated heterocycles. The molecule has 0 amide bonds. The molecule has 0 spiro atoms. The first kappa shape index (κ1) is 19.6. The van der Waals surface area contributed by atoms with Crippen LogP contribution in [0.25, 0.3) is 0 Å². The second-order valence-electron chi connectivity index (χ2n) is 5.54. The van der Waals surface area contributed by atoms with Gasteiger partial charge in [0.2, 0.25) is 10.0 Å². The summed E-state index contributed by atoms with van der Waals surface area (Å²) in [6.45, 7) is 4.24. The van der Waals surface area contributed by atoms with Gasteiger partial charge in [-0.25, -0.2) is 17.9 Å². The average molecular weight is 372 g/mol. The normalized spacial score (nSPS) is 15.7. The summed E-state index contributed by atoms with van der Waals surface area (Å²) in [6.07, 6.45) is 0.736. The fraction of sp³-hybridized carbons (Fsp3) is 0.562. The summed E-state index contributed by atoms with van der Waals surface area (Å²) < 4.78 is 42.0. The molecule has 1 heterocycles. The first-order chi connectivity index (χ1) is 12.0. The number of nitrogens with one attached hydrogen (secondary N) is 1. The number of carbonyl (C=O) groups excluding carboxylic acids is 1. The molecule has 1 N–H and O–H groups in total. The molecule has 2 rings (SSSR count). The summed E-state index contributed by atoms with van der Waals surface area (Å²) in [6, 6.07) is 5.89. The van der Waals surface area contributed by atoms with Crippen molar-refractivity contribution >= 4 is 16.0 Å². The maximum Gasteiger partial charge on any atom is 0.343 e. The molecule has 25 heavy (non-hydrogen) atoms. The summed E-state index contributed by atoms with van der Waals surface area (Å²) in [5.41, 5.74) is 0. The van der Waals surface area contributed by atoms with Crippen LogP contribution in [-0.2, 0) is 24.3 Å². The number of hydrogen-bond acceptors (Lipinski definition) is 7. The Morgan fingerprint density at radius 3 is 2.56 bits per heavy atom. The highest BCUT2D eigenvalue weighted by atomic mass is 32.2. The van der Waals surface area contributed by atoms with E-state index in [2.05, 4.69) is 14.4 Å². The SMILES string of the molecule is COC(=O)COc1ccc(S(=O)(=O)NCCCN2CCOCC2)cc1. The van der Waals surface area contributed by atoms with Gasteiger partial charge in [0, 0.05) is 19.6 Å². The second-order valence-corrected chi connectivity index (χ2v) is 7.31. The van der Waals surface area contributed by atoms with Gasteiger partial charge in [-0.3, -0.25) is 4.90 Å². The van der Waals surface area contributed by atoms with E-state index >= 15 is 0 Å². The third kappa shape index (κ3) is 6.62. The summed E-state index contributed by atoms with van der Waals surface area (Å²) in [5, 5.41) is 0. The van der Waals surface area contributed by atoms with Crippen LogP contribution in [-0.4, -0.2) is 72.4 Å². The molecular formula is C16H24N2O6S. The third-order valence-electron chi connectivity index (χ3n) is 3.77. The number of carbonyl (C=O) groups is 1. The summed E-state index contributed by atoms with van der Waals surface area (Å²) in [4.78, 5) is 13.4. The van der Waals surface area contributed by atoms with Gasteiger partial charge in [-0.15, -0.1) is 0 Å². The van der Waals surface area contributed by atoms with Crippen LogP contribution in [0, 0.1) is 0 Å². The largest absolute Gasteiger partial charge is 0.482 e. The molecule has 1 fully saturated rings. The Morgan fingerprint density at radius 2 is 1.92 bits per heavy atom. The summed E-state index contributed by atoms with van der Waals surface area (Å²) >= 11 is 0. The van der Waals surface area contributed by atoms with Gasteiger partial charge in [0.1, 0.15) is 5.75 Å². The molecule has 9 heteroatoms. The number of nitrogens with zero attached hydrogens (tertiary/aromatic N) is 1. The zero-order valence-electron chi connectivity index (χ0n) is 14.3. The number of sulfonamides is 1. The lowest BCUT2D eigenvalue weighted by Crippen LogP contribution is -2.38. The van der Waals surface area contributed by atoms with E-state index in [0.29, 0.717) is 12.3 Å². The molecule has 1 aliphatic rings. The minimum atomic E-state index is -3.56. The van der Waals surface area contributed by atoms with Gasteiger partial charge in [0.05, 0.1) is 25.2 Å². The van der Waals surface area contributed by atoms with Crippen LogP contribution < -0.4 is 9.46 Å². The van der Waals surface area contributed by atoms with Gasteiger partial charge in [-0.2, -0.15) is 0 Å². The Bertz CT molecular complexity index is 641. The van der Waals surface area contributed by atoms with Crippen molar-refractivity contribution in [2.75, 3.05) is 53.1 Å². The quantitative estimate of drug-likeness (QED) is 0.490. The van der Waals surface area contributed by atoms with Crippen molar-refractivity contribution in [1.82, 2.24) is 9.62 Å². The monoisotopic (exact) mass is 372 g/mol. The van der Waals surface area contributed by atoms with Crippen molar-refractivity contribution in [3.05, 3.63) is 24.3 Å². The molecule has 0 radical (unpaired) electrons. The molecule has 140 valence electrons. The van der Waals surface area contributed by atoms with Crippen LogP contribution >= 0.6 is 0 Å². The summed E-state index contributed by atoms with van der Waals surface area (Å²) in [7, 11) is -2.29. The lowest BCUT2D eigenvalue weighted by molar-refractivity contribution is -0.142. The fourth-order valence-corrected chi connectivity index (χ4v) is 3.41. The van der Waals surface area contributed by atoms with Crippen LogP contribution in [0.15, 0.2) is 29.2 Å². The van der Waals surface area contributed by atoms with Crippen molar-refractivity contribution < 1.29 is 27.4 Å². The predicted octanol–water partition coefficient (Wildman–Crippen LogP) is 0.239. The molecule has 1 aromatic carbocycles. The third-order valence-corrected chi connectivity index (χ3v) is 5.24. The van der Waals surface area contributed by atoms with E-state index in [1.165, 1.54) is 31.4 Å². The smallest absolute Gasteiger partial charge is 0.343 e. The standard InChI is InChI=1S/C16H24N2O6S/c1-22-16(19)13-24-14-3-5-15(6-4-14)25(20,21)17-7-2-8-18-9-11-23-12-10-18/h3-6,17H,2,7-13H2,1H3. The van der Waals surface area contributed by atoms with Gasteiger partial charge < -0.3 is 14.2 Å². The zero-order chi connectivity index (χ0) is 18.1. The first-order valence-electron chi connectivity index (χ1n) is 8.11.